The van der Waals surface area contributed by atoms with Crippen LogP contribution in [0.2, 0.25) is 0 Å². The highest BCUT2D eigenvalue weighted by Gasteiger charge is 2.04. The average Bonchev–Trinajstić information content (AvgIpc) is 2.73. The Morgan fingerprint density at radius 2 is 1.89 bits per heavy atom. The fourth-order valence-electron chi connectivity index (χ4n) is 1.93. The van der Waals surface area contributed by atoms with Crippen LogP contribution in [0.15, 0.2) is 46.9 Å². The van der Waals surface area contributed by atoms with Gasteiger partial charge in [0.2, 0.25) is 0 Å². The van der Waals surface area contributed by atoms with Crippen LogP contribution >= 0.6 is 27.3 Å². The summed E-state index contributed by atoms with van der Waals surface area (Å²) in [6, 6.07) is 14.9. The fraction of sp³-hybridized carbons (Fsp3) is 0.133. The zero-order valence-corrected chi connectivity index (χ0v) is 12.4. The van der Waals surface area contributed by atoms with Crippen molar-refractivity contribution in [3.8, 4) is 0 Å². The van der Waals surface area contributed by atoms with E-state index in [2.05, 4.69) is 70.3 Å². The molecule has 0 N–H and O–H groups in total. The lowest BCUT2D eigenvalue weighted by molar-refractivity contribution is 1.15. The van der Waals surface area contributed by atoms with E-state index in [0.29, 0.717) is 0 Å². The standard InChI is InChI=1S/C15H12BrNS/c1-10-2-7-13-14(8-10)18-15(17-13)9-11-3-5-12(16)6-4-11/h2-8H,9H2,1H3. The number of rotatable bonds is 2. The molecule has 0 spiro atoms. The van der Waals surface area contributed by atoms with Crippen molar-refractivity contribution < 1.29 is 0 Å². The Balaban J connectivity index is 1.92. The van der Waals surface area contributed by atoms with Gasteiger partial charge in [-0.2, -0.15) is 0 Å². The largest absolute Gasteiger partial charge is 0.241 e. The van der Waals surface area contributed by atoms with Crippen LogP contribution in [0.4, 0.5) is 0 Å². The molecule has 0 aliphatic heterocycles. The van der Waals surface area contributed by atoms with Crippen molar-refractivity contribution in [2.45, 2.75) is 13.3 Å². The highest BCUT2D eigenvalue weighted by molar-refractivity contribution is 9.10. The maximum absolute atomic E-state index is 4.68. The van der Waals surface area contributed by atoms with E-state index in [1.54, 1.807) is 11.3 Å². The molecule has 0 unspecified atom stereocenters. The zero-order valence-electron chi connectivity index (χ0n) is 9.98. The van der Waals surface area contributed by atoms with Gasteiger partial charge >= 0.3 is 0 Å². The van der Waals surface area contributed by atoms with Crippen LogP contribution in [0, 0.1) is 6.92 Å². The van der Waals surface area contributed by atoms with Gasteiger partial charge in [-0.1, -0.05) is 34.1 Å². The minimum Gasteiger partial charge on any atom is -0.241 e. The van der Waals surface area contributed by atoms with Gasteiger partial charge in [0.25, 0.3) is 0 Å². The van der Waals surface area contributed by atoms with Gasteiger partial charge in [-0.15, -0.1) is 11.3 Å². The number of halogens is 1. The topological polar surface area (TPSA) is 12.9 Å². The summed E-state index contributed by atoms with van der Waals surface area (Å²) in [4.78, 5) is 4.68. The van der Waals surface area contributed by atoms with E-state index in [1.807, 2.05) is 0 Å². The van der Waals surface area contributed by atoms with Crippen molar-refractivity contribution >= 4 is 37.5 Å². The highest BCUT2D eigenvalue weighted by atomic mass is 79.9. The van der Waals surface area contributed by atoms with Crippen LogP contribution in [0.1, 0.15) is 16.1 Å². The molecule has 18 heavy (non-hydrogen) atoms. The van der Waals surface area contributed by atoms with E-state index in [-0.39, 0.29) is 0 Å². The van der Waals surface area contributed by atoms with Crippen LogP contribution in [-0.2, 0) is 6.42 Å². The van der Waals surface area contributed by atoms with Gasteiger partial charge in [0, 0.05) is 10.9 Å². The van der Waals surface area contributed by atoms with Crippen LogP contribution in [0.25, 0.3) is 10.2 Å². The molecule has 0 amide bonds. The normalized spacial score (nSPS) is 11.0. The first kappa shape index (κ1) is 11.9. The first-order valence-corrected chi connectivity index (χ1v) is 7.42. The Morgan fingerprint density at radius 3 is 2.67 bits per heavy atom. The minimum absolute atomic E-state index is 0.908. The monoisotopic (exact) mass is 317 g/mol. The average molecular weight is 318 g/mol. The quantitative estimate of drug-likeness (QED) is 0.651. The summed E-state index contributed by atoms with van der Waals surface area (Å²) in [5.41, 5.74) is 3.70. The summed E-state index contributed by atoms with van der Waals surface area (Å²) < 4.78 is 2.40. The second-order valence-corrected chi connectivity index (χ2v) is 6.41. The van der Waals surface area contributed by atoms with Crippen molar-refractivity contribution in [1.29, 1.82) is 0 Å². The lowest BCUT2D eigenvalue weighted by Gasteiger charge is -1.97. The number of hydrogen-bond donors (Lipinski definition) is 0. The smallest absolute Gasteiger partial charge is 0.0982 e. The number of hydrogen-bond acceptors (Lipinski definition) is 2. The predicted octanol–water partition coefficient (Wildman–Crippen LogP) is 4.96. The van der Waals surface area contributed by atoms with Crippen LogP contribution in [0.3, 0.4) is 0 Å². The summed E-state index contributed by atoms with van der Waals surface area (Å²) in [5, 5.41) is 1.18. The number of benzene rings is 2. The van der Waals surface area contributed by atoms with Crippen LogP contribution in [0.5, 0.6) is 0 Å². The molecule has 0 atom stereocenters. The van der Waals surface area contributed by atoms with Crippen molar-refractivity contribution in [2.24, 2.45) is 0 Å². The molecule has 1 aromatic heterocycles. The Kier molecular flexibility index (Phi) is 3.18. The third-order valence-corrected chi connectivity index (χ3v) is 4.40. The molecule has 2 aromatic carbocycles. The van der Waals surface area contributed by atoms with E-state index in [4.69, 9.17) is 0 Å². The third kappa shape index (κ3) is 2.47. The Bertz CT molecular complexity index is 685. The second kappa shape index (κ2) is 4.82. The van der Waals surface area contributed by atoms with Crippen LogP contribution < -0.4 is 0 Å². The van der Waals surface area contributed by atoms with E-state index in [0.717, 1.165) is 16.4 Å². The van der Waals surface area contributed by atoms with Gasteiger partial charge in [-0.3, -0.25) is 0 Å². The fourth-order valence-corrected chi connectivity index (χ4v) is 3.30. The van der Waals surface area contributed by atoms with Crippen molar-refractivity contribution in [1.82, 2.24) is 4.98 Å². The molecule has 3 rings (SSSR count). The van der Waals surface area contributed by atoms with Gasteiger partial charge in [0.15, 0.2) is 0 Å². The Labute approximate surface area is 119 Å². The minimum atomic E-state index is 0.908. The number of thiazole rings is 1. The number of fused-ring (bicyclic) bond motifs is 1. The first-order valence-electron chi connectivity index (χ1n) is 5.81. The van der Waals surface area contributed by atoms with E-state index >= 15 is 0 Å². The second-order valence-electron chi connectivity index (χ2n) is 4.38. The lowest BCUT2D eigenvalue weighted by atomic mass is 10.2. The van der Waals surface area contributed by atoms with E-state index in [1.165, 1.54) is 20.8 Å². The number of nitrogens with zero attached hydrogens (tertiary/aromatic N) is 1. The number of aromatic nitrogens is 1. The van der Waals surface area contributed by atoms with Crippen molar-refractivity contribution in [3.63, 3.8) is 0 Å². The molecular formula is C15H12BrNS. The molecule has 1 heterocycles. The molecule has 0 aliphatic rings. The highest BCUT2D eigenvalue weighted by Crippen LogP contribution is 2.25. The Morgan fingerprint density at radius 1 is 1.11 bits per heavy atom. The van der Waals surface area contributed by atoms with E-state index in [9.17, 15) is 0 Å². The lowest BCUT2D eigenvalue weighted by Crippen LogP contribution is -1.85. The van der Waals surface area contributed by atoms with Gasteiger partial charge in [-0.05, 0) is 42.3 Å². The van der Waals surface area contributed by atoms with Gasteiger partial charge < -0.3 is 0 Å². The summed E-state index contributed by atoms with van der Waals surface area (Å²) in [6.07, 6.45) is 0.908. The number of aryl methyl sites for hydroxylation is 1. The SMILES string of the molecule is Cc1ccc2nc(Cc3ccc(Br)cc3)sc2c1. The Hall–Kier alpha value is -1.19. The van der Waals surface area contributed by atoms with Gasteiger partial charge in [-0.25, -0.2) is 4.98 Å². The van der Waals surface area contributed by atoms with E-state index < -0.39 is 0 Å². The maximum Gasteiger partial charge on any atom is 0.0982 e. The summed E-state index contributed by atoms with van der Waals surface area (Å²) >= 11 is 5.24. The molecular weight excluding hydrogens is 306 g/mol. The third-order valence-electron chi connectivity index (χ3n) is 2.86. The molecule has 3 aromatic rings. The molecule has 3 heteroatoms. The molecule has 0 fully saturated rings. The van der Waals surface area contributed by atoms with Gasteiger partial charge in [0.1, 0.15) is 0 Å². The molecule has 0 bridgehead atoms. The maximum atomic E-state index is 4.68. The molecule has 0 saturated heterocycles. The zero-order chi connectivity index (χ0) is 12.5. The summed E-state index contributed by atoms with van der Waals surface area (Å²) in [5.74, 6) is 0. The van der Waals surface area contributed by atoms with Crippen LogP contribution in [-0.4, -0.2) is 4.98 Å². The molecule has 90 valence electrons. The van der Waals surface area contributed by atoms with Gasteiger partial charge in [0.05, 0.1) is 15.2 Å². The van der Waals surface area contributed by atoms with Crippen molar-refractivity contribution in [2.75, 3.05) is 0 Å². The molecule has 0 radical (unpaired) electrons. The molecule has 0 saturated carbocycles. The molecule has 1 nitrogen and oxygen atoms in total. The molecule has 0 aliphatic carbocycles. The summed E-state index contributed by atoms with van der Waals surface area (Å²) in [7, 11) is 0. The predicted molar refractivity (Wildman–Crippen MR) is 81.3 cm³/mol. The first-order chi connectivity index (χ1) is 8.70. The summed E-state index contributed by atoms with van der Waals surface area (Å²) in [6.45, 7) is 2.12. The van der Waals surface area contributed by atoms with Crippen molar-refractivity contribution in [3.05, 3.63) is 63.1 Å².